The fourth-order valence-electron chi connectivity index (χ4n) is 11.9. The Bertz CT molecular complexity index is 3030. The van der Waals surface area contributed by atoms with Gasteiger partial charge in [-0.15, -0.1) is 0 Å². The monoisotopic (exact) mass is 1420 g/mol. The van der Waals surface area contributed by atoms with Crippen molar-refractivity contribution in [3.8, 4) is 0 Å². The van der Waals surface area contributed by atoms with Crippen molar-refractivity contribution < 1.29 is 75.2 Å². The number of likely N-dealkylation sites (N-methyl/N-ethyl adjacent to an activating group) is 7. The van der Waals surface area contributed by atoms with Gasteiger partial charge in [-0.25, -0.2) is 0 Å². The third-order valence-corrected chi connectivity index (χ3v) is 19.3. The minimum atomic E-state index is -4.26. The molecule has 28 heteroatoms. The van der Waals surface area contributed by atoms with E-state index in [2.05, 4.69) is 21.3 Å². The zero-order chi connectivity index (χ0) is 76.0. The van der Waals surface area contributed by atoms with Gasteiger partial charge >= 0.3 is 0 Å². The molecular formula is C71H121N11O16S. The Morgan fingerprint density at radius 2 is 0.980 bits per heavy atom. The van der Waals surface area contributed by atoms with Crippen molar-refractivity contribution in [1.29, 1.82) is 0 Å². The van der Waals surface area contributed by atoms with Gasteiger partial charge in [-0.1, -0.05) is 127 Å². The quantitative estimate of drug-likeness (QED) is 0.0623. The molecule has 1 aromatic carbocycles. The van der Waals surface area contributed by atoms with Crippen molar-refractivity contribution in [2.45, 2.75) is 228 Å². The summed E-state index contributed by atoms with van der Waals surface area (Å²) < 4.78 is 37.4. The van der Waals surface area contributed by atoms with Crippen LogP contribution in [0.2, 0.25) is 0 Å². The summed E-state index contributed by atoms with van der Waals surface area (Å²) >= 11 is 0. The standard InChI is InChI=1S/C71H121N11O16S/c1-25-27-28-48(16)61(84)60-65(88)73-51(26-2)66(89)76(18)39-57(83)77(19)53(35-41(3)4)64(87)75-58(45(11)12)70(93)78(20)54(36-42(5)6)63(86)72-49(17)62(85)74-52(40-97-33-34-98-99(95,96)50-31-29-47(15)30-32-50)67(90)79(21)55(37-43(7)8)68(91)80(22)56(38-44(9)10)69(92)81(23)59(46(13)14)71(94)82(60)24/h25,27,29-32,41-46,48-49,51-56,58-61,84H,26,28,33-40H2,1-24H3,(H,72,86)(H,73,88)(H,74,85)(H,75,87)/b27-25+/t48-,49+,51+,52-,53+,54+,55+,56+,58+,59+,60+,61-/m1/s1. The average molecular weight is 1420 g/mol. The van der Waals surface area contributed by atoms with Crippen LogP contribution in [0.15, 0.2) is 41.3 Å². The third-order valence-electron chi connectivity index (χ3n) is 18.0. The highest BCUT2D eigenvalue weighted by Gasteiger charge is 2.46. The number of allylic oxidation sites excluding steroid dienone is 2. The lowest BCUT2D eigenvalue weighted by Crippen LogP contribution is -2.63. The number of aryl methyl sites for hydroxylation is 1. The number of ether oxygens (including phenoxy) is 1. The molecule has 27 nitrogen and oxygen atoms in total. The van der Waals surface area contributed by atoms with Gasteiger partial charge in [0.15, 0.2) is 0 Å². The number of carbonyl (C=O) groups is 11. The van der Waals surface area contributed by atoms with Crippen LogP contribution in [-0.2, 0) is 71.8 Å². The van der Waals surface area contributed by atoms with Crippen molar-refractivity contribution in [2.75, 3.05) is 75.7 Å². The second kappa shape index (κ2) is 40.4. The molecule has 0 saturated carbocycles. The number of amides is 11. The SMILES string of the molecule is C/C=C/C[C@@H](C)[C@@H](O)[C@H]1C(=O)N[C@@H](CC)C(=O)N(C)CC(=O)N(C)[C@@H](CC(C)C)C(=O)N[C@@H](C(C)C)C(=O)N(C)[C@@H](CC(C)C)C(=O)N[C@@H](C)C(=O)N[C@H](COCCOS(=O)(=O)c2ccc(C)cc2)C(=O)N(C)[C@@H](CC(C)C)C(=O)N(C)[C@@H](CC(C)C)C(=O)N(C)[C@@H](C(C)C)C(=O)N1C. The summed E-state index contributed by atoms with van der Waals surface area (Å²) in [5.41, 5.74) is 0.815. The minimum Gasteiger partial charge on any atom is -0.390 e. The van der Waals surface area contributed by atoms with Crippen molar-refractivity contribution >= 4 is 75.1 Å². The van der Waals surface area contributed by atoms with Gasteiger partial charge in [0, 0.05) is 49.3 Å². The van der Waals surface area contributed by atoms with Crippen molar-refractivity contribution in [1.82, 2.24) is 55.6 Å². The number of rotatable bonds is 22. The Kier molecular flexibility index (Phi) is 35.9. The number of hydrogen-bond acceptors (Lipinski definition) is 16. The lowest BCUT2D eigenvalue weighted by Gasteiger charge is -2.41. The number of carbonyl (C=O) groups excluding carboxylic acids is 11. The highest BCUT2D eigenvalue weighted by molar-refractivity contribution is 7.86. The number of benzene rings is 1. The topological polar surface area (TPSA) is 331 Å². The Morgan fingerprint density at radius 3 is 1.46 bits per heavy atom. The Hall–Kier alpha value is -7.04. The molecule has 1 aliphatic heterocycles. The van der Waals surface area contributed by atoms with Crippen LogP contribution in [-0.4, -0.2) is 255 Å². The average Bonchev–Trinajstić information content (AvgIpc) is 0.788. The van der Waals surface area contributed by atoms with E-state index in [1.165, 1.54) is 88.0 Å². The Morgan fingerprint density at radius 1 is 0.525 bits per heavy atom. The molecular weight excluding hydrogens is 1290 g/mol. The molecule has 2 rings (SSSR count). The fraction of sp³-hybridized carbons (Fsp3) is 0.732. The van der Waals surface area contributed by atoms with Gasteiger partial charge in [-0.2, -0.15) is 8.42 Å². The molecule has 0 unspecified atom stereocenters. The van der Waals surface area contributed by atoms with Crippen LogP contribution >= 0.6 is 0 Å². The van der Waals surface area contributed by atoms with E-state index >= 15 is 19.2 Å². The van der Waals surface area contributed by atoms with Crippen LogP contribution in [0, 0.1) is 48.3 Å². The van der Waals surface area contributed by atoms with Crippen LogP contribution in [0.25, 0.3) is 0 Å². The molecule has 0 spiro atoms. The van der Waals surface area contributed by atoms with Gasteiger partial charge in [0.05, 0.1) is 37.4 Å². The first-order valence-corrected chi connectivity index (χ1v) is 36.2. The second-order valence-corrected chi connectivity index (χ2v) is 30.7. The summed E-state index contributed by atoms with van der Waals surface area (Å²) in [6.45, 7) is 27.6. The summed E-state index contributed by atoms with van der Waals surface area (Å²) in [5.74, 6) is -11.1. The van der Waals surface area contributed by atoms with Crippen LogP contribution in [0.4, 0.5) is 0 Å². The smallest absolute Gasteiger partial charge is 0.297 e. The highest BCUT2D eigenvalue weighted by Crippen LogP contribution is 2.26. The predicted molar refractivity (Wildman–Crippen MR) is 378 cm³/mol. The summed E-state index contributed by atoms with van der Waals surface area (Å²) in [4.78, 5) is 172. The first kappa shape index (κ1) is 88.0. The van der Waals surface area contributed by atoms with Crippen LogP contribution in [0.5, 0.6) is 0 Å². The molecule has 0 aromatic heterocycles. The molecule has 0 bridgehead atoms. The van der Waals surface area contributed by atoms with Crippen molar-refractivity contribution in [3.05, 3.63) is 42.0 Å². The second-order valence-electron chi connectivity index (χ2n) is 29.1. The minimum absolute atomic E-state index is 0.00749. The van der Waals surface area contributed by atoms with E-state index in [0.29, 0.717) is 0 Å². The lowest BCUT2D eigenvalue weighted by atomic mass is 9.91. The largest absolute Gasteiger partial charge is 0.390 e. The molecule has 1 heterocycles. The molecule has 99 heavy (non-hydrogen) atoms. The van der Waals surface area contributed by atoms with Crippen molar-refractivity contribution in [3.63, 3.8) is 0 Å². The Balaban J connectivity index is 3.07. The molecule has 1 aliphatic rings. The maximum Gasteiger partial charge on any atom is 0.297 e. The van der Waals surface area contributed by atoms with Gasteiger partial charge in [-0.3, -0.25) is 56.9 Å². The van der Waals surface area contributed by atoms with Crippen LogP contribution in [0.3, 0.4) is 0 Å². The van der Waals surface area contributed by atoms with E-state index in [-0.39, 0.29) is 67.1 Å². The highest BCUT2D eigenvalue weighted by atomic mass is 32.2. The lowest BCUT2D eigenvalue weighted by molar-refractivity contribution is -0.157. The number of aliphatic hydroxyl groups excluding tert-OH is 1. The van der Waals surface area contributed by atoms with Crippen LogP contribution < -0.4 is 21.3 Å². The van der Waals surface area contributed by atoms with Gasteiger partial charge < -0.3 is 65.4 Å². The molecule has 1 saturated heterocycles. The molecule has 0 radical (unpaired) electrons. The molecule has 0 aliphatic carbocycles. The van der Waals surface area contributed by atoms with Gasteiger partial charge in [-0.05, 0) is 113 Å². The van der Waals surface area contributed by atoms with E-state index in [9.17, 15) is 47.1 Å². The summed E-state index contributed by atoms with van der Waals surface area (Å²) in [7, 11) is 5.38. The zero-order valence-electron chi connectivity index (χ0n) is 63.5. The summed E-state index contributed by atoms with van der Waals surface area (Å²) in [6.07, 6.45) is 2.56. The fourth-order valence-corrected chi connectivity index (χ4v) is 12.8. The van der Waals surface area contributed by atoms with Gasteiger partial charge in [0.2, 0.25) is 65.0 Å². The Labute approximate surface area is 590 Å². The summed E-state index contributed by atoms with van der Waals surface area (Å²) in [5, 5.41) is 23.1. The van der Waals surface area contributed by atoms with E-state index < -0.39 is 186 Å². The van der Waals surface area contributed by atoms with E-state index in [0.717, 1.165) is 20.3 Å². The maximum absolute atomic E-state index is 15.4. The first-order valence-electron chi connectivity index (χ1n) is 34.8. The molecule has 5 N–H and O–H groups in total. The number of nitrogens with one attached hydrogen (secondary N) is 4. The first-order chi connectivity index (χ1) is 45.9. The third kappa shape index (κ3) is 25.5. The van der Waals surface area contributed by atoms with E-state index in [1.807, 2.05) is 55.4 Å². The number of aliphatic hydroxyl groups is 1. The molecule has 1 fully saturated rings. The van der Waals surface area contributed by atoms with Crippen molar-refractivity contribution in [2.24, 2.45) is 41.4 Å². The molecule has 562 valence electrons. The number of hydrogen-bond donors (Lipinski definition) is 5. The van der Waals surface area contributed by atoms with Crippen LogP contribution in [0.1, 0.15) is 155 Å². The molecule has 11 amide bonds. The molecule has 12 atom stereocenters. The van der Waals surface area contributed by atoms with E-state index in [1.54, 1.807) is 79.7 Å². The normalized spacial score (nSPS) is 24.9. The molecule has 1 aromatic rings. The van der Waals surface area contributed by atoms with Gasteiger partial charge in [0.25, 0.3) is 10.1 Å². The maximum atomic E-state index is 15.4. The zero-order valence-corrected chi connectivity index (χ0v) is 64.4. The summed E-state index contributed by atoms with van der Waals surface area (Å²) in [6, 6.07) is -7.63. The van der Waals surface area contributed by atoms with Gasteiger partial charge in [0.1, 0.15) is 60.4 Å². The number of nitrogens with zero attached hydrogens (tertiary/aromatic N) is 7. The van der Waals surface area contributed by atoms with E-state index in [4.69, 9.17) is 8.92 Å². The predicted octanol–water partition coefficient (Wildman–Crippen LogP) is 3.98.